The number of azo groups is 1. The fraction of sp³-hybridized carbons (Fsp3) is 0.462. The highest BCUT2D eigenvalue weighted by Crippen LogP contribution is 2.40. The van der Waals surface area contributed by atoms with E-state index in [-0.39, 0.29) is 5.92 Å². The second-order valence-electron chi connectivity index (χ2n) is 4.91. The smallest absolute Gasteiger partial charge is 0.309 e. The van der Waals surface area contributed by atoms with E-state index < -0.39 is 11.4 Å². The molecule has 2 rings (SSSR count). The second kappa shape index (κ2) is 4.28. The SMILES string of the molecule is CC(C)(C(=O)O)[C@H]1C=CN=NC2=C1CCC=C2. The normalized spacial score (nSPS) is 23.5. The highest BCUT2D eigenvalue weighted by Gasteiger charge is 2.39. The topological polar surface area (TPSA) is 62.0 Å². The molecule has 2 aliphatic rings. The zero-order valence-electron chi connectivity index (χ0n) is 10.1. The summed E-state index contributed by atoms with van der Waals surface area (Å²) in [7, 11) is 0. The van der Waals surface area contributed by atoms with Crippen molar-refractivity contribution in [2.24, 2.45) is 21.6 Å². The molecule has 1 atom stereocenters. The van der Waals surface area contributed by atoms with Crippen LogP contribution in [-0.4, -0.2) is 11.1 Å². The number of hydrogen-bond acceptors (Lipinski definition) is 3. The van der Waals surface area contributed by atoms with Gasteiger partial charge in [0.1, 0.15) is 0 Å². The maximum Gasteiger partial charge on any atom is 0.309 e. The molecule has 0 amide bonds. The number of nitrogens with zero attached hydrogens (tertiary/aromatic N) is 2. The van der Waals surface area contributed by atoms with Gasteiger partial charge in [0.2, 0.25) is 0 Å². The molecule has 0 radical (unpaired) electrons. The molecule has 0 aromatic heterocycles. The van der Waals surface area contributed by atoms with E-state index in [0.717, 1.165) is 24.1 Å². The molecule has 1 aliphatic heterocycles. The minimum atomic E-state index is -0.836. The Hall–Kier alpha value is -1.71. The zero-order chi connectivity index (χ0) is 12.5. The summed E-state index contributed by atoms with van der Waals surface area (Å²) in [5.41, 5.74) is 1.07. The van der Waals surface area contributed by atoms with Crippen molar-refractivity contribution in [3.05, 3.63) is 35.7 Å². The van der Waals surface area contributed by atoms with E-state index in [1.807, 2.05) is 18.2 Å². The Kier molecular flexibility index (Phi) is 2.96. The van der Waals surface area contributed by atoms with Gasteiger partial charge in [0.25, 0.3) is 0 Å². The zero-order valence-corrected chi connectivity index (χ0v) is 10.1. The summed E-state index contributed by atoms with van der Waals surface area (Å²) in [6, 6.07) is 0. The summed E-state index contributed by atoms with van der Waals surface area (Å²) in [6.07, 6.45) is 9.22. The lowest BCUT2D eigenvalue weighted by atomic mass is 9.72. The summed E-state index contributed by atoms with van der Waals surface area (Å²) >= 11 is 0. The van der Waals surface area contributed by atoms with Crippen LogP contribution in [0.1, 0.15) is 26.7 Å². The van der Waals surface area contributed by atoms with Crippen LogP contribution >= 0.6 is 0 Å². The third-order valence-corrected chi connectivity index (χ3v) is 3.40. The monoisotopic (exact) mass is 232 g/mol. The van der Waals surface area contributed by atoms with E-state index in [0.29, 0.717) is 0 Å². The van der Waals surface area contributed by atoms with Gasteiger partial charge in [-0.05, 0) is 38.3 Å². The quantitative estimate of drug-likeness (QED) is 0.794. The Labute approximate surface area is 100 Å². The maximum absolute atomic E-state index is 11.4. The lowest BCUT2D eigenvalue weighted by molar-refractivity contribution is -0.148. The van der Waals surface area contributed by atoms with E-state index in [9.17, 15) is 9.90 Å². The number of hydrogen-bond donors (Lipinski definition) is 1. The van der Waals surface area contributed by atoms with Crippen molar-refractivity contribution < 1.29 is 9.90 Å². The fourth-order valence-electron chi connectivity index (χ4n) is 2.23. The fourth-order valence-corrected chi connectivity index (χ4v) is 2.23. The van der Waals surface area contributed by atoms with Gasteiger partial charge in [0.15, 0.2) is 0 Å². The molecule has 0 aromatic carbocycles. The van der Waals surface area contributed by atoms with E-state index in [1.165, 1.54) is 0 Å². The average molecular weight is 232 g/mol. The molecule has 1 heterocycles. The van der Waals surface area contributed by atoms with Crippen LogP contribution in [-0.2, 0) is 4.79 Å². The molecule has 0 fully saturated rings. The highest BCUT2D eigenvalue weighted by atomic mass is 16.4. The predicted molar refractivity (Wildman–Crippen MR) is 64.3 cm³/mol. The van der Waals surface area contributed by atoms with Gasteiger partial charge >= 0.3 is 5.97 Å². The third kappa shape index (κ3) is 2.07. The molecule has 1 aliphatic carbocycles. The van der Waals surface area contributed by atoms with Crippen molar-refractivity contribution in [2.45, 2.75) is 26.7 Å². The molecule has 0 saturated heterocycles. The first-order chi connectivity index (χ1) is 8.03. The van der Waals surface area contributed by atoms with Gasteiger partial charge < -0.3 is 5.11 Å². The van der Waals surface area contributed by atoms with Gasteiger partial charge in [-0.15, -0.1) is 0 Å². The van der Waals surface area contributed by atoms with Crippen LogP contribution in [0.3, 0.4) is 0 Å². The molecular weight excluding hydrogens is 216 g/mol. The first kappa shape index (κ1) is 11.8. The molecule has 0 aromatic rings. The van der Waals surface area contributed by atoms with Crippen LogP contribution in [0, 0.1) is 11.3 Å². The van der Waals surface area contributed by atoms with E-state index in [1.54, 1.807) is 20.0 Å². The van der Waals surface area contributed by atoms with Gasteiger partial charge in [-0.25, -0.2) is 0 Å². The number of carboxylic acid groups (broad SMARTS) is 1. The molecule has 0 saturated carbocycles. The van der Waals surface area contributed by atoms with E-state index in [4.69, 9.17) is 0 Å². The number of carboxylic acids is 1. The minimum Gasteiger partial charge on any atom is -0.481 e. The maximum atomic E-state index is 11.4. The van der Waals surface area contributed by atoms with Crippen LogP contribution in [0.5, 0.6) is 0 Å². The van der Waals surface area contributed by atoms with Crippen LogP contribution in [0.25, 0.3) is 0 Å². The molecule has 90 valence electrons. The highest BCUT2D eigenvalue weighted by molar-refractivity contribution is 5.75. The van der Waals surface area contributed by atoms with Gasteiger partial charge in [0.05, 0.1) is 11.1 Å². The Morgan fingerprint density at radius 1 is 1.53 bits per heavy atom. The van der Waals surface area contributed by atoms with Crippen LogP contribution in [0.2, 0.25) is 0 Å². The van der Waals surface area contributed by atoms with E-state index >= 15 is 0 Å². The van der Waals surface area contributed by atoms with Crippen molar-refractivity contribution in [3.63, 3.8) is 0 Å². The molecule has 1 N–H and O–H groups in total. The van der Waals surface area contributed by atoms with Crippen molar-refractivity contribution in [3.8, 4) is 0 Å². The summed E-state index contributed by atoms with van der Waals surface area (Å²) in [5, 5.41) is 17.4. The Bertz CT molecular complexity index is 456. The summed E-state index contributed by atoms with van der Waals surface area (Å²) in [5.74, 6) is -0.939. The molecule has 0 bridgehead atoms. The number of carbonyl (C=O) groups is 1. The molecule has 0 spiro atoms. The van der Waals surface area contributed by atoms with Crippen LogP contribution < -0.4 is 0 Å². The Morgan fingerprint density at radius 3 is 3.00 bits per heavy atom. The predicted octanol–water partition coefficient (Wildman–Crippen LogP) is 3.30. The standard InChI is InChI=1S/C13H16N2O2/c1-13(2,12(16)17)10-7-8-14-15-11-6-4-3-5-9(10)11/h4,6-8,10H,3,5H2,1-2H3,(H,16,17)/t10-/m0/s1. The van der Waals surface area contributed by atoms with E-state index in [2.05, 4.69) is 10.2 Å². The van der Waals surface area contributed by atoms with Crippen LogP contribution in [0.4, 0.5) is 0 Å². The average Bonchev–Trinajstić information content (AvgIpc) is 2.51. The van der Waals surface area contributed by atoms with Crippen molar-refractivity contribution in [2.75, 3.05) is 0 Å². The third-order valence-electron chi connectivity index (χ3n) is 3.40. The summed E-state index contributed by atoms with van der Waals surface area (Å²) < 4.78 is 0. The number of allylic oxidation sites excluding steroid dienone is 4. The minimum absolute atomic E-state index is 0.144. The van der Waals surface area contributed by atoms with Gasteiger partial charge in [-0.3, -0.25) is 4.79 Å². The molecule has 4 nitrogen and oxygen atoms in total. The Morgan fingerprint density at radius 2 is 2.29 bits per heavy atom. The first-order valence-electron chi connectivity index (χ1n) is 5.74. The van der Waals surface area contributed by atoms with Gasteiger partial charge in [-0.1, -0.05) is 12.2 Å². The van der Waals surface area contributed by atoms with Gasteiger partial charge in [0, 0.05) is 12.1 Å². The molecule has 0 unspecified atom stereocenters. The first-order valence-corrected chi connectivity index (χ1v) is 5.74. The number of aliphatic carboxylic acids is 1. The van der Waals surface area contributed by atoms with Crippen molar-refractivity contribution >= 4 is 5.97 Å². The lowest BCUT2D eigenvalue weighted by Gasteiger charge is -2.31. The summed E-state index contributed by atoms with van der Waals surface area (Å²) in [6.45, 7) is 3.50. The van der Waals surface area contributed by atoms with Crippen molar-refractivity contribution in [1.29, 1.82) is 0 Å². The lowest BCUT2D eigenvalue weighted by Crippen LogP contribution is -2.33. The second-order valence-corrected chi connectivity index (χ2v) is 4.91. The molecule has 4 heteroatoms. The molecular formula is C13H16N2O2. The van der Waals surface area contributed by atoms with Crippen LogP contribution in [0.15, 0.2) is 45.9 Å². The number of rotatable bonds is 2. The Balaban J connectivity index is 2.46. The molecule has 17 heavy (non-hydrogen) atoms. The summed E-state index contributed by atoms with van der Waals surface area (Å²) in [4.78, 5) is 11.4. The largest absolute Gasteiger partial charge is 0.481 e. The van der Waals surface area contributed by atoms with Crippen molar-refractivity contribution in [1.82, 2.24) is 0 Å². The van der Waals surface area contributed by atoms with Gasteiger partial charge in [-0.2, -0.15) is 10.2 Å².